The summed E-state index contributed by atoms with van der Waals surface area (Å²) in [5.41, 5.74) is 11.1. The van der Waals surface area contributed by atoms with Gasteiger partial charge in [-0.3, -0.25) is 9.36 Å². The molecular formula is C12H14F2N4O. The SMILES string of the molecule is CC(C)C(C(N)=O)n1c(N)nc2c(F)cc(F)cc21. The first-order valence-electron chi connectivity index (χ1n) is 5.74. The molecule has 0 saturated heterocycles. The molecule has 4 N–H and O–H groups in total. The van der Waals surface area contributed by atoms with Crippen molar-refractivity contribution in [2.45, 2.75) is 19.9 Å². The largest absolute Gasteiger partial charge is 0.369 e. The summed E-state index contributed by atoms with van der Waals surface area (Å²) < 4.78 is 28.2. The van der Waals surface area contributed by atoms with E-state index in [2.05, 4.69) is 4.98 Å². The Morgan fingerprint density at radius 2 is 2.00 bits per heavy atom. The number of carbonyl (C=O) groups is 1. The van der Waals surface area contributed by atoms with E-state index in [1.807, 2.05) is 0 Å². The molecule has 1 unspecified atom stereocenters. The lowest BCUT2D eigenvalue weighted by Crippen LogP contribution is -2.31. The van der Waals surface area contributed by atoms with E-state index in [4.69, 9.17) is 11.5 Å². The summed E-state index contributed by atoms with van der Waals surface area (Å²) in [6, 6.07) is 0.986. The van der Waals surface area contributed by atoms with Crippen LogP contribution in [-0.4, -0.2) is 15.5 Å². The van der Waals surface area contributed by atoms with Gasteiger partial charge in [-0.1, -0.05) is 13.8 Å². The number of nitrogen functional groups attached to an aromatic ring is 1. The van der Waals surface area contributed by atoms with Crippen molar-refractivity contribution < 1.29 is 13.6 Å². The van der Waals surface area contributed by atoms with Gasteiger partial charge in [-0.25, -0.2) is 13.8 Å². The topological polar surface area (TPSA) is 86.9 Å². The van der Waals surface area contributed by atoms with Crippen LogP contribution in [0, 0.1) is 17.6 Å². The first-order valence-corrected chi connectivity index (χ1v) is 5.74. The maximum atomic E-state index is 13.6. The number of nitrogens with zero attached hydrogens (tertiary/aromatic N) is 2. The highest BCUT2D eigenvalue weighted by molar-refractivity contribution is 5.85. The number of fused-ring (bicyclic) bond motifs is 1. The van der Waals surface area contributed by atoms with Crippen molar-refractivity contribution in [3.8, 4) is 0 Å². The molecule has 1 atom stereocenters. The number of hydrogen-bond acceptors (Lipinski definition) is 3. The molecule has 0 bridgehead atoms. The van der Waals surface area contributed by atoms with Crippen LogP contribution < -0.4 is 11.5 Å². The summed E-state index contributed by atoms with van der Waals surface area (Å²) >= 11 is 0. The zero-order valence-corrected chi connectivity index (χ0v) is 10.5. The van der Waals surface area contributed by atoms with Crippen LogP contribution in [0.15, 0.2) is 12.1 Å². The summed E-state index contributed by atoms with van der Waals surface area (Å²) in [5, 5.41) is 0. The average molecular weight is 268 g/mol. The zero-order chi connectivity index (χ0) is 14.3. The van der Waals surface area contributed by atoms with Crippen molar-refractivity contribution in [1.82, 2.24) is 9.55 Å². The van der Waals surface area contributed by atoms with Gasteiger partial charge in [0.25, 0.3) is 0 Å². The smallest absolute Gasteiger partial charge is 0.240 e. The Bertz CT molecular complexity index is 651. The summed E-state index contributed by atoms with van der Waals surface area (Å²) in [5.74, 6) is -2.49. The fraction of sp³-hybridized carbons (Fsp3) is 0.333. The molecule has 1 amide bonds. The number of carbonyl (C=O) groups excluding carboxylic acids is 1. The molecule has 1 aromatic heterocycles. The van der Waals surface area contributed by atoms with Crippen LogP contribution in [-0.2, 0) is 4.79 Å². The first kappa shape index (κ1) is 13.3. The lowest BCUT2D eigenvalue weighted by Gasteiger charge is -2.20. The molecule has 0 fully saturated rings. The number of halogens is 2. The lowest BCUT2D eigenvalue weighted by atomic mass is 10.0. The molecule has 19 heavy (non-hydrogen) atoms. The van der Waals surface area contributed by atoms with Crippen LogP contribution >= 0.6 is 0 Å². The predicted octanol–water partition coefficient (Wildman–Crippen LogP) is 1.58. The molecule has 1 heterocycles. The third-order valence-corrected chi connectivity index (χ3v) is 2.94. The molecule has 0 radical (unpaired) electrons. The molecular weight excluding hydrogens is 254 g/mol. The summed E-state index contributed by atoms with van der Waals surface area (Å²) in [4.78, 5) is 15.4. The predicted molar refractivity (Wildman–Crippen MR) is 67.1 cm³/mol. The Hall–Kier alpha value is -2.18. The van der Waals surface area contributed by atoms with E-state index in [0.29, 0.717) is 6.07 Å². The van der Waals surface area contributed by atoms with Crippen LogP contribution in [0.25, 0.3) is 11.0 Å². The monoisotopic (exact) mass is 268 g/mol. The van der Waals surface area contributed by atoms with Gasteiger partial charge in [-0.2, -0.15) is 0 Å². The van der Waals surface area contributed by atoms with Gasteiger partial charge in [0.05, 0.1) is 5.52 Å². The van der Waals surface area contributed by atoms with E-state index in [0.717, 1.165) is 6.07 Å². The van der Waals surface area contributed by atoms with Gasteiger partial charge < -0.3 is 11.5 Å². The van der Waals surface area contributed by atoms with Gasteiger partial charge in [0.2, 0.25) is 11.9 Å². The van der Waals surface area contributed by atoms with Gasteiger partial charge in [0.15, 0.2) is 5.82 Å². The van der Waals surface area contributed by atoms with Crippen molar-refractivity contribution >= 4 is 22.9 Å². The number of imidazole rings is 1. The summed E-state index contributed by atoms with van der Waals surface area (Å²) in [6.07, 6.45) is 0. The van der Waals surface area contributed by atoms with Gasteiger partial charge in [0, 0.05) is 12.1 Å². The number of amides is 1. The third-order valence-electron chi connectivity index (χ3n) is 2.94. The van der Waals surface area contributed by atoms with E-state index in [1.54, 1.807) is 13.8 Å². The van der Waals surface area contributed by atoms with Gasteiger partial charge in [-0.15, -0.1) is 0 Å². The highest BCUT2D eigenvalue weighted by Crippen LogP contribution is 2.29. The zero-order valence-electron chi connectivity index (χ0n) is 10.5. The maximum absolute atomic E-state index is 13.6. The molecule has 7 heteroatoms. The Kier molecular flexibility index (Phi) is 3.13. The number of rotatable bonds is 3. The van der Waals surface area contributed by atoms with Crippen molar-refractivity contribution in [2.75, 3.05) is 5.73 Å². The number of benzene rings is 1. The van der Waals surface area contributed by atoms with Crippen LogP contribution in [0.3, 0.4) is 0 Å². The molecule has 0 spiro atoms. The second-order valence-corrected chi connectivity index (χ2v) is 4.69. The fourth-order valence-electron chi connectivity index (χ4n) is 2.18. The number of anilines is 1. The fourth-order valence-corrected chi connectivity index (χ4v) is 2.18. The minimum Gasteiger partial charge on any atom is -0.369 e. The normalized spacial score (nSPS) is 13.1. The van der Waals surface area contributed by atoms with Crippen molar-refractivity contribution in [1.29, 1.82) is 0 Å². The molecule has 1 aromatic carbocycles. The van der Waals surface area contributed by atoms with E-state index in [-0.39, 0.29) is 22.9 Å². The summed E-state index contributed by atoms with van der Waals surface area (Å²) in [7, 11) is 0. The minimum absolute atomic E-state index is 0.0722. The minimum atomic E-state index is -0.826. The third kappa shape index (κ3) is 2.11. The number of hydrogen-bond donors (Lipinski definition) is 2. The average Bonchev–Trinajstić information content (AvgIpc) is 2.56. The Morgan fingerprint density at radius 3 is 2.53 bits per heavy atom. The van der Waals surface area contributed by atoms with Gasteiger partial charge in [0.1, 0.15) is 17.4 Å². The molecule has 0 saturated carbocycles. The second kappa shape index (κ2) is 4.49. The van der Waals surface area contributed by atoms with Gasteiger partial charge >= 0.3 is 0 Å². The number of primary amides is 1. The molecule has 5 nitrogen and oxygen atoms in total. The van der Waals surface area contributed by atoms with Crippen molar-refractivity contribution in [3.63, 3.8) is 0 Å². The highest BCUT2D eigenvalue weighted by Gasteiger charge is 2.27. The molecule has 0 aliphatic rings. The molecule has 0 aliphatic heterocycles. The maximum Gasteiger partial charge on any atom is 0.240 e. The standard InChI is InChI=1S/C12H14F2N4O/c1-5(2)10(11(15)19)18-8-4-6(13)3-7(14)9(8)17-12(18)16/h3-5,10H,1-2H3,(H2,15,19)(H2,16,17). The number of aromatic nitrogens is 2. The highest BCUT2D eigenvalue weighted by atomic mass is 19.1. The van der Waals surface area contributed by atoms with Crippen LogP contribution in [0.4, 0.5) is 14.7 Å². The lowest BCUT2D eigenvalue weighted by molar-refractivity contribution is -0.122. The van der Waals surface area contributed by atoms with E-state index < -0.39 is 23.6 Å². The van der Waals surface area contributed by atoms with E-state index in [9.17, 15) is 13.6 Å². The van der Waals surface area contributed by atoms with Crippen LogP contribution in [0.2, 0.25) is 0 Å². The quantitative estimate of drug-likeness (QED) is 0.886. The van der Waals surface area contributed by atoms with Crippen LogP contribution in [0.1, 0.15) is 19.9 Å². The molecule has 2 rings (SSSR count). The van der Waals surface area contributed by atoms with Gasteiger partial charge in [-0.05, 0) is 5.92 Å². The summed E-state index contributed by atoms with van der Waals surface area (Å²) in [6.45, 7) is 3.52. The van der Waals surface area contributed by atoms with Crippen molar-refractivity contribution in [2.24, 2.45) is 11.7 Å². The Labute approximate surface area is 108 Å². The van der Waals surface area contributed by atoms with Crippen LogP contribution in [0.5, 0.6) is 0 Å². The molecule has 0 aliphatic carbocycles. The Morgan fingerprint density at radius 1 is 1.37 bits per heavy atom. The van der Waals surface area contributed by atoms with E-state index in [1.165, 1.54) is 4.57 Å². The first-order chi connectivity index (χ1) is 8.82. The van der Waals surface area contributed by atoms with Crippen molar-refractivity contribution in [3.05, 3.63) is 23.8 Å². The molecule has 2 aromatic rings. The number of nitrogens with two attached hydrogens (primary N) is 2. The molecule has 102 valence electrons. The van der Waals surface area contributed by atoms with E-state index >= 15 is 0 Å². The second-order valence-electron chi connectivity index (χ2n) is 4.69. The Balaban J connectivity index is 2.79.